The third kappa shape index (κ3) is 5.34. The number of nitrogens with one attached hydrogen (secondary N) is 3. The molecule has 1 aliphatic rings. The van der Waals surface area contributed by atoms with Crippen LogP contribution in [-0.4, -0.2) is 34.9 Å². The fourth-order valence-electron chi connectivity index (χ4n) is 3.33. The zero-order chi connectivity index (χ0) is 21.7. The highest BCUT2D eigenvalue weighted by atomic mass is 35.5. The van der Waals surface area contributed by atoms with E-state index in [1.165, 1.54) is 0 Å². The largest absolute Gasteiger partial charge is 0.472 e. The highest BCUT2D eigenvalue weighted by molar-refractivity contribution is 7.11. The molecule has 2 atom stereocenters. The normalized spacial score (nSPS) is 16.8. The number of anilines is 1. The molecule has 0 bridgehead atoms. The molecule has 1 aliphatic heterocycles. The van der Waals surface area contributed by atoms with E-state index in [0.717, 1.165) is 37.3 Å². The van der Waals surface area contributed by atoms with E-state index in [1.807, 2.05) is 6.92 Å². The number of hydrogen-bond acceptors (Lipinski definition) is 6. The maximum Gasteiger partial charge on any atom is 0.320 e. The lowest BCUT2D eigenvalue weighted by Crippen LogP contribution is -2.48. The molecule has 1 saturated heterocycles. The molecule has 8 nitrogen and oxygen atoms in total. The Morgan fingerprint density at radius 1 is 1.43 bits per heavy atom. The molecular weight excluding hydrogens is 449 g/mol. The van der Waals surface area contributed by atoms with Crippen molar-refractivity contribution in [3.05, 3.63) is 39.4 Å². The lowest BCUT2D eigenvalue weighted by Gasteiger charge is -2.23. The molecular formula is C19H23Cl2N5O3S. The second kappa shape index (κ2) is 10.3. The Balaban J connectivity index is 1.68. The number of aromatic nitrogens is 1. The van der Waals surface area contributed by atoms with Crippen molar-refractivity contribution < 1.29 is 14.3 Å². The number of carbonyl (C=O) groups excluding carboxylic acids is 2. The molecule has 162 valence electrons. The van der Waals surface area contributed by atoms with Gasteiger partial charge in [0, 0.05) is 17.6 Å². The van der Waals surface area contributed by atoms with Crippen molar-refractivity contribution >= 4 is 51.7 Å². The van der Waals surface area contributed by atoms with Crippen LogP contribution in [0.15, 0.2) is 18.2 Å². The van der Waals surface area contributed by atoms with Gasteiger partial charge < -0.3 is 21.1 Å². The number of halogens is 2. The molecule has 0 spiro atoms. The summed E-state index contributed by atoms with van der Waals surface area (Å²) in [6.45, 7) is 3.00. The van der Waals surface area contributed by atoms with Gasteiger partial charge in [0.25, 0.3) is 5.91 Å². The van der Waals surface area contributed by atoms with Crippen molar-refractivity contribution in [3.8, 4) is 5.88 Å². The van der Waals surface area contributed by atoms with E-state index < -0.39 is 11.9 Å². The molecule has 1 aromatic carbocycles. The van der Waals surface area contributed by atoms with Gasteiger partial charge in [-0.15, -0.1) is 0 Å². The standard InChI is InChI=1S/C19H23Cl2N5O3S/c1-2-12(13-7-4-8-23-13)24-19(28)25-18-14(16(22)27)17(26-30-18)29-9-10-5-3-6-11(20)15(10)21/h3,5-6,12-13,23H,2,4,7-9H2,1H3,(H2,22,27)(H2,24,25,28). The summed E-state index contributed by atoms with van der Waals surface area (Å²) >= 11 is 13.1. The zero-order valence-electron chi connectivity index (χ0n) is 16.3. The third-order valence-corrected chi connectivity index (χ3v) is 6.47. The van der Waals surface area contributed by atoms with Crippen LogP contribution < -0.4 is 26.4 Å². The summed E-state index contributed by atoms with van der Waals surface area (Å²) in [6.07, 6.45) is 2.88. The Morgan fingerprint density at radius 3 is 2.90 bits per heavy atom. The van der Waals surface area contributed by atoms with Gasteiger partial charge in [0.2, 0.25) is 5.88 Å². The summed E-state index contributed by atoms with van der Waals surface area (Å²) in [7, 11) is 0. The Morgan fingerprint density at radius 2 is 2.23 bits per heavy atom. The van der Waals surface area contributed by atoms with Crippen molar-refractivity contribution in [2.75, 3.05) is 11.9 Å². The molecule has 0 aliphatic carbocycles. The molecule has 11 heteroatoms. The number of carbonyl (C=O) groups is 2. The van der Waals surface area contributed by atoms with Gasteiger partial charge in [0.05, 0.1) is 10.0 Å². The molecule has 2 heterocycles. The monoisotopic (exact) mass is 471 g/mol. The quantitative estimate of drug-likeness (QED) is 0.466. The summed E-state index contributed by atoms with van der Waals surface area (Å²) in [5.41, 5.74) is 6.15. The maximum absolute atomic E-state index is 12.5. The molecule has 5 N–H and O–H groups in total. The van der Waals surface area contributed by atoms with Gasteiger partial charge in [-0.1, -0.05) is 42.3 Å². The van der Waals surface area contributed by atoms with Gasteiger partial charge >= 0.3 is 6.03 Å². The molecule has 2 unspecified atom stereocenters. The van der Waals surface area contributed by atoms with Gasteiger partial charge in [0.15, 0.2) is 0 Å². The van der Waals surface area contributed by atoms with Gasteiger partial charge in [-0.05, 0) is 43.4 Å². The molecule has 0 saturated carbocycles. The summed E-state index contributed by atoms with van der Waals surface area (Å²) < 4.78 is 9.76. The van der Waals surface area contributed by atoms with Crippen molar-refractivity contribution in [3.63, 3.8) is 0 Å². The molecule has 1 aromatic heterocycles. The number of amides is 3. The van der Waals surface area contributed by atoms with Crippen LogP contribution in [0.1, 0.15) is 42.1 Å². The minimum Gasteiger partial charge on any atom is -0.472 e. The van der Waals surface area contributed by atoms with Crippen LogP contribution in [-0.2, 0) is 6.61 Å². The van der Waals surface area contributed by atoms with Crippen LogP contribution in [0, 0.1) is 0 Å². The summed E-state index contributed by atoms with van der Waals surface area (Å²) in [4.78, 5) is 24.5. The molecule has 0 radical (unpaired) electrons. The smallest absolute Gasteiger partial charge is 0.320 e. The zero-order valence-corrected chi connectivity index (χ0v) is 18.7. The lowest BCUT2D eigenvalue weighted by molar-refractivity contribution is 0.0996. The molecule has 30 heavy (non-hydrogen) atoms. The van der Waals surface area contributed by atoms with E-state index in [2.05, 4.69) is 20.3 Å². The van der Waals surface area contributed by atoms with Crippen LogP contribution in [0.4, 0.5) is 9.80 Å². The van der Waals surface area contributed by atoms with E-state index >= 15 is 0 Å². The Bertz CT molecular complexity index is 918. The molecule has 3 amide bonds. The first-order valence-corrected chi connectivity index (χ1v) is 11.1. The van der Waals surface area contributed by atoms with E-state index in [-0.39, 0.29) is 35.1 Å². The van der Waals surface area contributed by atoms with Crippen LogP contribution in [0.25, 0.3) is 0 Å². The van der Waals surface area contributed by atoms with Gasteiger partial charge in [-0.3, -0.25) is 10.1 Å². The first-order chi connectivity index (χ1) is 14.4. The second-order valence-electron chi connectivity index (χ2n) is 6.87. The Kier molecular flexibility index (Phi) is 7.76. The first-order valence-electron chi connectivity index (χ1n) is 9.56. The highest BCUT2D eigenvalue weighted by Crippen LogP contribution is 2.32. The van der Waals surface area contributed by atoms with E-state index in [0.29, 0.717) is 15.6 Å². The van der Waals surface area contributed by atoms with Crippen molar-refractivity contribution in [2.45, 2.75) is 44.9 Å². The summed E-state index contributed by atoms with van der Waals surface area (Å²) in [6, 6.07) is 4.95. The predicted molar refractivity (Wildman–Crippen MR) is 119 cm³/mol. The molecule has 2 aromatic rings. The van der Waals surface area contributed by atoms with Gasteiger partial charge in [-0.2, -0.15) is 4.37 Å². The number of ether oxygens (including phenoxy) is 1. The summed E-state index contributed by atoms with van der Waals surface area (Å²) in [5.74, 6) is -0.723. The van der Waals surface area contributed by atoms with Crippen molar-refractivity contribution in [1.82, 2.24) is 15.0 Å². The number of primary amides is 1. The third-order valence-electron chi connectivity index (χ3n) is 4.87. The summed E-state index contributed by atoms with van der Waals surface area (Å²) in [5, 5.41) is 9.98. The first kappa shape index (κ1) is 22.6. The minimum atomic E-state index is -0.754. The predicted octanol–water partition coefficient (Wildman–Crippen LogP) is 3.78. The van der Waals surface area contributed by atoms with Gasteiger partial charge in [-0.25, -0.2) is 4.79 Å². The highest BCUT2D eigenvalue weighted by Gasteiger charge is 2.26. The maximum atomic E-state index is 12.5. The van der Waals surface area contributed by atoms with Crippen molar-refractivity contribution in [2.24, 2.45) is 5.73 Å². The topological polar surface area (TPSA) is 118 Å². The van der Waals surface area contributed by atoms with Gasteiger partial charge in [0.1, 0.15) is 17.2 Å². The number of urea groups is 1. The second-order valence-corrected chi connectivity index (χ2v) is 8.43. The van der Waals surface area contributed by atoms with E-state index in [9.17, 15) is 9.59 Å². The molecule has 1 fully saturated rings. The fourth-order valence-corrected chi connectivity index (χ4v) is 4.44. The average molecular weight is 472 g/mol. The van der Waals surface area contributed by atoms with Crippen LogP contribution >= 0.6 is 34.7 Å². The lowest BCUT2D eigenvalue weighted by atomic mass is 10.0. The number of hydrogen-bond donors (Lipinski definition) is 4. The minimum absolute atomic E-state index is 0.0142. The number of nitrogens with two attached hydrogens (primary N) is 1. The molecule has 3 rings (SSSR count). The van der Waals surface area contributed by atoms with Crippen molar-refractivity contribution in [1.29, 1.82) is 0 Å². The number of benzene rings is 1. The number of rotatable bonds is 8. The Hall–Kier alpha value is -2.07. The SMILES string of the molecule is CCC(NC(=O)Nc1snc(OCc2cccc(Cl)c2Cl)c1C(N)=O)C1CCCN1. The number of nitrogens with zero attached hydrogens (tertiary/aromatic N) is 1. The van der Waals surface area contributed by atoms with E-state index in [1.54, 1.807) is 18.2 Å². The van der Waals surface area contributed by atoms with Crippen LogP contribution in [0.3, 0.4) is 0 Å². The fraction of sp³-hybridized carbons (Fsp3) is 0.421. The van der Waals surface area contributed by atoms with Crippen LogP contribution in [0.2, 0.25) is 10.0 Å². The van der Waals surface area contributed by atoms with Crippen LogP contribution in [0.5, 0.6) is 5.88 Å². The Labute approximate surface area is 188 Å². The van der Waals surface area contributed by atoms with E-state index in [4.69, 9.17) is 33.7 Å². The average Bonchev–Trinajstić information content (AvgIpc) is 3.37.